The van der Waals surface area contributed by atoms with E-state index in [9.17, 15) is 8.42 Å². The predicted octanol–water partition coefficient (Wildman–Crippen LogP) is -0.371. The molecule has 0 amide bonds. The third kappa shape index (κ3) is 4.40. The summed E-state index contributed by atoms with van der Waals surface area (Å²) in [7, 11) is -2.89. The first-order chi connectivity index (χ1) is 8.53. The van der Waals surface area contributed by atoms with Crippen LogP contribution in [0.5, 0.6) is 0 Å². The minimum atomic E-state index is -2.89. The molecule has 102 valence electrons. The van der Waals surface area contributed by atoms with Gasteiger partial charge < -0.3 is 4.74 Å². The van der Waals surface area contributed by atoms with Gasteiger partial charge in [0.1, 0.15) is 9.84 Å². The largest absolute Gasteiger partial charge is 0.374 e. The summed E-state index contributed by atoms with van der Waals surface area (Å²) in [4.78, 5) is 2.14. The number of rotatable bonds is 5. The molecule has 1 aliphatic heterocycles. The van der Waals surface area contributed by atoms with Crippen molar-refractivity contribution in [3.63, 3.8) is 0 Å². The third-order valence-electron chi connectivity index (χ3n) is 2.95. The first-order valence-electron chi connectivity index (χ1n) is 6.02. The Morgan fingerprint density at radius 2 is 2.33 bits per heavy atom. The summed E-state index contributed by atoms with van der Waals surface area (Å²) < 4.78 is 29.8. The zero-order valence-corrected chi connectivity index (χ0v) is 11.3. The van der Waals surface area contributed by atoms with Crippen molar-refractivity contribution in [2.24, 2.45) is 0 Å². The van der Waals surface area contributed by atoms with Gasteiger partial charge in [0.05, 0.1) is 25.0 Å². The van der Waals surface area contributed by atoms with Crippen LogP contribution in [0.25, 0.3) is 0 Å². The van der Waals surface area contributed by atoms with Gasteiger partial charge in [0.15, 0.2) is 0 Å². The number of morpholine rings is 1. The van der Waals surface area contributed by atoms with E-state index in [1.165, 1.54) is 6.26 Å². The Labute approximate surface area is 107 Å². The Hall–Kier alpha value is -0.920. The molecule has 1 aliphatic rings. The van der Waals surface area contributed by atoms with E-state index in [4.69, 9.17) is 4.74 Å². The van der Waals surface area contributed by atoms with Crippen LogP contribution in [0.15, 0.2) is 18.5 Å². The lowest BCUT2D eigenvalue weighted by Gasteiger charge is -2.32. The van der Waals surface area contributed by atoms with Gasteiger partial charge in [-0.05, 0) is 6.07 Å². The molecule has 6 nitrogen and oxygen atoms in total. The maximum Gasteiger partial charge on any atom is 0.148 e. The monoisotopic (exact) mass is 273 g/mol. The van der Waals surface area contributed by atoms with Crippen LogP contribution in [-0.4, -0.2) is 67.5 Å². The van der Waals surface area contributed by atoms with Gasteiger partial charge in [-0.15, -0.1) is 0 Å². The number of hydrogen-bond donors (Lipinski definition) is 0. The maximum absolute atomic E-state index is 11.1. The average molecular weight is 273 g/mol. The summed E-state index contributed by atoms with van der Waals surface area (Å²) in [6.07, 6.45) is 5.00. The molecule has 18 heavy (non-hydrogen) atoms. The second-order valence-electron chi connectivity index (χ2n) is 4.65. The molecule has 1 atom stereocenters. The van der Waals surface area contributed by atoms with Crippen LogP contribution in [-0.2, 0) is 21.1 Å². The topological polar surface area (TPSA) is 64.4 Å². The molecule has 0 aromatic carbocycles. The standard InChI is InChI=1S/C11H19N3O3S/c1-18(15,16)8-6-13-5-7-17-11(9-13)10-14-4-2-3-12-14/h2-4,11H,5-10H2,1H3. The van der Waals surface area contributed by atoms with Crippen molar-refractivity contribution >= 4 is 9.84 Å². The highest BCUT2D eigenvalue weighted by Crippen LogP contribution is 2.07. The zero-order valence-electron chi connectivity index (χ0n) is 10.5. The van der Waals surface area contributed by atoms with E-state index in [1.807, 2.05) is 16.9 Å². The maximum atomic E-state index is 11.1. The molecule has 0 spiro atoms. The summed E-state index contributed by atoms with van der Waals surface area (Å²) in [5, 5.41) is 4.14. The Balaban J connectivity index is 1.81. The Morgan fingerprint density at radius 1 is 1.50 bits per heavy atom. The fourth-order valence-corrected chi connectivity index (χ4v) is 2.60. The first kappa shape index (κ1) is 13.5. The second-order valence-corrected chi connectivity index (χ2v) is 6.91. The molecule has 0 bridgehead atoms. The van der Waals surface area contributed by atoms with E-state index in [0.717, 1.165) is 13.1 Å². The van der Waals surface area contributed by atoms with Crippen molar-refractivity contribution < 1.29 is 13.2 Å². The van der Waals surface area contributed by atoms with Gasteiger partial charge >= 0.3 is 0 Å². The van der Waals surface area contributed by atoms with Crippen LogP contribution < -0.4 is 0 Å². The molecule has 7 heteroatoms. The smallest absolute Gasteiger partial charge is 0.148 e. The second kappa shape index (κ2) is 5.81. The van der Waals surface area contributed by atoms with E-state index in [1.54, 1.807) is 6.20 Å². The fourth-order valence-electron chi connectivity index (χ4n) is 2.01. The zero-order chi connectivity index (χ0) is 13.0. The van der Waals surface area contributed by atoms with Crippen molar-refractivity contribution in [3.8, 4) is 0 Å². The molecule has 2 heterocycles. The molecular formula is C11H19N3O3S. The number of ether oxygens (including phenoxy) is 1. The van der Waals surface area contributed by atoms with Crippen LogP contribution in [0.1, 0.15) is 0 Å². The Kier molecular flexibility index (Phi) is 4.36. The van der Waals surface area contributed by atoms with E-state index in [2.05, 4.69) is 10.00 Å². The summed E-state index contributed by atoms with van der Waals surface area (Å²) in [5.41, 5.74) is 0. The molecule has 0 saturated carbocycles. The molecule has 0 radical (unpaired) electrons. The van der Waals surface area contributed by atoms with Gasteiger partial charge in [0.25, 0.3) is 0 Å². The quantitative estimate of drug-likeness (QED) is 0.732. The van der Waals surface area contributed by atoms with Gasteiger partial charge in [-0.1, -0.05) is 0 Å². The van der Waals surface area contributed by atoms with E-state index in [-0.39, 0.29) is 11.9 Å². The molecule has 1 unspecified atom stereocenters. The van der Waals surface area contributed by atoms with Crippen molar-refractivity contribution in [1.82, 2.24) is 14.7 Å². The summed E-state index contributed by atoms with van der Waals surface area (Å²) >= 11 is 0. The van der Waals surface area contributed by atoms with Crippen LogP contribution in [0.3, 0.4) is 0 Å². The Bertz CT molecular complexity index is 458. The van der Waals surface area contributed by atoms with Gasteiger partial charge in [-0.25, -0.2) is 8.42 Å². The lowest BCUT2D eigenvalue weighted by atomic mass is 10.2. The highest BCUT2D eigenvalue weighted by Gasteiger charge is 2.21. The Morgan fingerprint density at radius 3 is 3.00 bits per heavy atom. The molecule has 1 fully saturated rings. The highest BCUT2D eigenvalue weighted by molar-refractivity contribution is 7.90. The summed E-state index contributed by atoms with van der Waals surface area (Å²) in [5.74, 6) is 0.210. The van der Waals surface area contributed by atoms with Gasteiger partial charge in [0, 0.05) is 38.3 Å². The molecule has 2 rings (SSSR count). The minimum Gasteiger partial charge on any atom is -0.374 e. The van der Waals surface area contributed by atoms with Gasteiger partial charge in [-0.3, -0.25) is 9.58 Å². The van der Waals surface area contributed by atoms with Gasteiger partial charge in [0.2, 0.25) is 0 Å². The van der Waals surface area contributed by atoms with Crippen LogP contribution in [0.2, 0.25) is 0 Å². The normalized spacial score (nSPS) is 22.2. The first-order valence-corrected chi connectivity index (χ1v) is 8.08. The molecule has 0 N–H and O–H groups in total. The number of nitrogens with zero attached hydrogens (tertiary/aromatic N) is 3. The third-order valence-corrected chi connectivity index (χ3v) is 3.88. The van der Waals surface area contributed by atoms with Crippen molar-refractivity contribution in [2.75, 3.05) is 38.2 Å². The summed E-state index contributed by atoms with van der Waals surface area (Å²) in [6, 6.07) is 1.88. The van der Waals surface area contributed by atoms with Crippen molar-refractivity contribution in [3.05, 3.63) is 18.5 Å². The fraction of sp³-hybridized carbons (Fsp3) is 0.727. The van der Waals surface area contributed by atoms with E-state index >= 15 is 0 Å². The lowest BCUT2D eigenvalue weighted by molar-refractivity contribution is -0.0355. The van der Waals surface area contributed by atoms with Crippen LogP contribution in [0, 0.1) is 0 Å². The molecular weight excluding hydrogens is 254 g/mol. The minimum absolute atomic E-state index is 0.0817. The highest BCUT2D eigenvalue weighted by atomic mass is 32.2. The lowest BCUT2D eigenvalue weighted by Crippen LogP contribution is -2.45. The molecule has 0 aliphatic carbocycles. The molecule has 1 aromatic heterocycles. The number of hydrogen-bond acceptors (Lipinski definition) is 5. The van der Waals surface area contributed by atoms with Gasteiger partial charge in [-0.2, -0.15) is 5.10 Å². The number of aromatic nitrogens is 2. The van der Waals surface area contributed by atoms with E-state index < -0.39 is 9.84 Å². The predicted molar refractivity (Wildman–Crippen MR) is 68.1 cm³/mol. The molecule has 1 saturated heterocycles. The van der Waals surface area contributed by atoms with E-state index in [0.29, 0.717) is 19.7 Å². The average Bonchev–Trinajstić information content (AvgIpc) is 2.79. The van der Waals surface area contributed by atoms with Crippen LogP contribution in [0.4, 0.5) is 0 Å². The number of sulfone groups is 1. The SMILES string of the molecule is CS(=O)(=O)CCN1CCOC(Cn2cccn2)C1. The van der Waals surface area contributed by atoms with Crippen molar-refractivity contribution in [1.29, 1.82) is 0 Å². The van der Waals surface area contributed by atoms with Crippen LogP contribution >= 0.6 is 0 Å². The van der Waals surface area contributed by atoms with Crippen molar-refractivity contribution in [2.45, 2.75) is 12.6 Å². The summed E-state index contributed by atoms with van der Waals surface area (Å²) in [6.45, 7) is 3.50. The molecule has 1 aromatic rings.